The fourth-order valence-corrected chi connectivity index (χ4v) is 3.64. The zero-order chi connectivity index (χ0) is 17.6. The number of benzene rings is 1. The number of hydrogen-bond donors (Lipinski definition) is 3. The number of urea groups is 1. The predicted molar refractivity (Wildman–Crippen MR) is 97.3 cm³/mol. The summed E-state index contributed by atoms with van der Waals surface area (Å²) in [6.45, 7) is 3.59. The van der Waals surface area contributed by atoms with Gasteiger partial charge in [-0.25, -0.2) is 4.79 Å². The molecule has 0 bridgehead atoms. The number of amides is 2. The summed E-state index contributed by atoms with van der Waals surface area (Å²) < 4.78 is 6.00. The van der Waals surface area contributed by atoms with Gasteiger partial charge in [-0.2, -0.15) is 0 Å². The molecule has 1 aromatic rings. The molecule has 1 fully saturated rings. The zero-order valence-corrected chi connectivity index (χ0v) is 14.8. The fraction of sp³-hybridized carbons (Fsp3) is 0.550. The number of carbonyl (C=O) groups is 1. The van der Waals surface area contributed by atoms with Crippen molar-refractivity contribution >= 4 is 6.03 Å². The van der Waals surface area contributed by atoms with Gasteiger partial charge in [-0.1, -0.05) is 42.0 Å². The first-order chi connectivity index (χ1) is 12.2. The minimum atomic E-state index is -0.151. The molecule has 3 rings (SSSR count). The average molecular weight is 344 g/mol. The van der Waals surface area contributed by atoms with Crippen LogP contribution in [0.15, 0.2) is 36.4 Å². The lowest BCUT2D eigenvalue weighted by atomic mass is 9.89. The fourth-order valence-electron chi connectivity index (χ4n) is 3.64. The van der Waals surface area contributed by atoms with E-state index in [1.165, 1.54) is 11.1 Å². The Hall–Kier alpha value is -1.85. The normalized spacial score (nSPS) is 28.7. The van der Waals surface area contributed by atoms with Crippen molar-refractivity contribution in [3.05, 3.63) is 47.5 Å². The standard InChI is InChI=1S/C20H28N2O3/c1-14-4-7-16(8-5-14)19-17(3-2-10-25-19)12-21-20(24)22-18-9-6-15(11-18)13-23/h4-9,15,17-19,23H,2-3,10-13H2,1H3,(H2,21,22,24)/t15-,17-,18+,19-/m0/s1. The van der Waals surface area contributed by atoms with Gasteiger partial charge in [0.1, 0.15) is 0 Å². The maximum Gasteiger partial charge on any atom is 0.315 e. The topological polar surface area (TPSA) is 70.6 Å². The maximum atomic E-state index is 12.2. The molecule has 0 radical (unpaired) electrons. The highest BCUT2D eigenvalue weighted by atomic mass is 16.5. The zero-order valence-electron chi connectivity index (χ0n) is 14.8. The monoisotopic (exact) mass is 344 g/mol. The molecule has 3 N–H and O–H groups in total. The smallest absolute Gasteiger partial charge is 0.315 e. The molecular weight excluding hydrogens is 316 g/mol. The summed E-state index contributed by atoms with van der Waals surface area (Å²) >= 11 is 0. The summed E-state index contributed by atoms with van der Waals surface area (Å²) in [4.78, 5) is 12.2. The van der Waals surface area contributed by atoms with E-state index in [1.54, 1.807) is 0 Å². The second-order valence-electron chi connectivity index (χ2n) is 7.13. The first-order valence-electron chi connectivity index (χ1n) is 9.17. The second kappa shape index (κ2) is 8.50. The Balaban J connectivity index is 1.51. The number of nitrogens with one attached hydrogen (secondary N) is 2. The lowest BCUT2D eigenvalue weighted by molar-refractivity contribution is -0.0269. The van der Waals surface area contributed by atoms with Crippen LogP contribution in [0.1, 0.15) is 36.5 Å². The number of ether oxygens (including phenoxy) is 1. The van der Waals surface area contributed by atoms with E-state index < -0.39 is 0 Å². The molecule has 0 unspecified atom stereocenters. The van der Waals surface area contributed by atoms with Crippen LogP contribution in [-0.4, -0.2) is 36.9 Å². The predicted octanol–water partition coefficient (Wildman–Crippen LogP) is 2.70. The van der Waals surface area contributed by atoms with Crippen LogP contribution in [0, 0.1) is 18.8 Å². The molecule has 0 aromatic heterocycles. The van der Waals surface area contributed by atoms with Crippen LogP contribution >= 0.6 is 0 Å². The van der Waals surface area contributed by atoms with Gasteiger partial charge >= 0.3 is 6.03 Å². The van der Waals surface area contributed by atoms with Crippen molar-refractivity contribution in [3.8, 4) is 0 Å². The Morgan fingerprint density at radius 1 is 1.28 bits per heavy atom. The van der Waals surface area contributed by atoms with Crippen molar-refractivity contribution < 1.29 is 14.6 Å². The van der Waals surface area contributed by atoms with E-state index in [9.17, 15) is 4.79 Å². The van der Waals surface area contributed by atoms with Gasteiger partial charge in [0, 0.05) is 37.6 Å². The lowest BCUT2D eigenvalue weighted by Crippen LogP contribution is -2.44. The Morgan fingerprint density at radius 2 is 2.08 bits per heavy atom. The number of aliphatic hydroxyl groups is 1. The molecule has 2 amide bonds. The van der Waals surface area contributed by atoms with E-state index in [4.69, 9.17) is 9.84 Å². The van der Waals surface area contributed by atoms with E-state index >= 15 is 0 Å². The molecule has 0 saturated carbocycles. The molecule has 0 spiro atoms. The summed E-state index contributed by atoms with van der Waals surface area (Å²) in [6.07, 6.45) is 6.81. The summed E-state index contributed by atoms with van der Waals surface area (Å²) in [5.41, 5.74) is 2.42. The van der Waals surface area contributed by atoms with E-state index in [2.05, 4.69) is 41.8 Å². The molecule has 1 aliphatic heterocycles. The SMILES string of the molecule is Cc1ccc([C@@H]2OCCC[C@H]2CNC(=O)N[C@@H]2C=C[C@H](CO)C2)cc1. The third-order valence-electron chi connectivity index (χ3n) is 5.10. The van der Waals surface area contributed by atoms with E-state index in [0.717, 1.165) is 25.9 Å². The van der Waals surface area contributed by atoms with Crippen LogP contribution in [-0.2, 0) is 4.74 Å². The van der Waals surface area contributed by atoms with Crippen LogP contribution in [0.4, 0.5) is 4.79 Å². The molecule has 1 heterocycles. The summed E-state index contributed by atoms with van der Waals surface area (Å²) in [5, 5.41) is 15.1. The molecule has 1 saturated heterocycles. The maximum absolute atomic E-state index is 12.2. The van der Waals surface area contributed by atoms with Crippen molar-refractivity contribution in [2.24, 2.45) is 11.8 Å². The van der Waals surface area contributed by atoms with Gasteiger partial charge in [-0.15, -0.1) is 0 Å². The van der Waals surface area contributed by atoms with Gasteiger partial charge in [0.2, 0.25) is 0 Å². The van der Waals surface area contributed by atoms with Crippen molar-refractivity contribution in [2.45, 2.75) is 38.3 Å². The van der Waals surface area contributed by atoms with Crippen molar-refractivity contribution in [1.29, 1.82) is 0 Å². The quantitative estimate of drug-likeness (QED) is 0.719. The summed E-state index contributed by atoms with van der Waals surface area (Å²) in [5.74, 6) is 0.439. The van der Waals surface area contributed by atoms with Crippen LogP contribution in [0.3, 0.4) is 0 Å². The molecule has 25 heavy (non-hydrogen) atoms. The molecule has 136 valence electrons. The van der Waals surface area contributed by atoms with E-state index in [0.29, 0.717) is 6.54 Å². The van der Waals surface area contributed by atoms with Crippen LogP contribution in [0.5, 0.6) is 0 Å². The first kappa shape index (κ1) is 18.0. The molecule has 1 aliphatic carbocycles. The Morgan fingerprint density at radius 3 is 2.80 bits per heavy atom. The minimum Gasteiger partial charge on any atom is -0.396 e. The van der Waals surface area contributed by atoms with Gasteiger partial charge < -0.3 is 20.5 Å². The summed E-state index contributed by atoms with van der Waals surface area (Å²) in [7, 11) is 0. The average Bonchev–Trinajstić information content (AvgIpc) is 3.08. The molecule has 5 nitrogen and oxygen atoms in total. The number of hydrogen-bond acceptors (Lipinski definition) is 3. The van der Waals surface area contributed by atoms with Crippen LogP contribution < -0.4 is 10.6 Å². The molecular formula is C20H28N2O3. The lowest BCUT2D eigenvalue weighted by Gasteiger charge is -2.32. The largest absolute Gasteiger partial charge is 0.396 e. The Labute approximate surface area is 149 Å². The molecule has 4 atom stereocenters. The van der Waals surface area contributed by atoms with Gasteiger partial charge in [0.05, 0.1) is 6.10 Å². The highest BCUT2D eigenvalue weighted by molar-refractivity contribution is 5.74. The third kappa shape index (κ3) is 4.83. The number of aryl methyl sites for hydroxylation is 1. The van der Waals surface area contributed by atoms with Gasteiger partial charge in [0.25, 0.3) is 0 Å². The number of carbonyl (C=O) groups excluding carboxylic acids is 1. The van der Waals surface area contributed by atoms with E-state index in [1.807, 2.05) is 12.2 Å². The van der Waals surface area contributed by atoms with Crippen molar-refractivity contribution in [1.82, 2.24) is 10.6 Å². The van der Waals surface area contributed by atoms with Crippen molar-refractivity contribution in [3.63, 3.8) is 0 Å². The van der Waals surface area contributed by atoms with Gasteiger partial charge in [-0.3, -0.25) is 0 Å². The first-order valence-corrected chi connectivity index (χ1v) is 9.17. The van der Waals surface area contributed by atoms with Crippen LogP contribution in [0.2, 0.25) is 0 Å². The highest BCUT2D eigenvalue weighted by Gasteiger charge is 2.28. The summed E-state index contributed by atoms with van der Waals surface area (Å²) in [6, 6.07) is 8.31. The number of aliphatic hydroxyl groups excluding tert-OH is 1. The number of rotatable bonds is 5. The highest BCUT2D eigenvalue weighted by Crippen LogP contribution is 2.33. The molecule has 2 aliphatic rings. The Bertz CT molecular complexity index is 599. The van der Waals surface area contributed by atoms with Gasteiger partial charge in [-0.05, 0) is 31.7 Å². The minimum absolute atomic E-state index is 0.00708. The Kier molecular flexibility index (Phi) is 6.10. The van der Waals surface area contributed by atoms with E-state index in [-0.39, 0.29) is 36.6 Å². The van der Waals surface area contributed by atoms with Gasteiger partial charge in [0.15, 0.2) is 0 Å². The second-order valence-corrected chi connectivity index (χ2v) is 7.13. The molecule has 5 heteroatoms. The van der Waals surface area contributed by atoms with Crippen LogP contribution in [0.25, 0.3) is 0 Å². The van der Waals surface area contributed by atoms with Crippen molar-refractivity contribution in [2.75, 3.05) is 19.8 Å². The third-order valence-corrected chi connectivity index (χ3v) is 5.10. The molecule has 1 aromatic carbocycles.